The van der Waals surface area contributed by atoms with E-state index in [4.69, 9.17) is 14.6 Å². The molecule has 4 nitrogen and oxygen atoms in total. The summed E-state index contributed by atoms with van der Waals surface area (Å²) in [5.41, 5.74) is 1.26. The van der Waals surface area contributed by atoms with E-state index in [0.717, 1.165) is 37.4 Å². The normalized spacial score (nSPS) is 13.9. The van der Waals surface area contributed by atoms with Crippen LogP contribution >= 0.6 is 0 Å². The zero-order valence-corrected chi connectivity index (χ0v) is 10.9. The quantitative estimate of drug-likeness (QED) is 0.828. The van der Waals surface area contributed by atoms with Crippen molar-refractivity contribution in [2.75, 3.05) is 40.0 Å². The van der Waals surface area contributed by atoms with Crippen molar-refractivity contribution < 1.29 is 14.6 Å². The maximum atomic E-state index is 8.78. The van der Waals surface area contributed by atoms with Gasteiger partial charge in [0.2, 0.25) is 0 Å². The molecule has 4 heteroatoms. The SMILES string of the molecule is CN(CCCO)CCc1ccc2c(c1)OCCO2. The van der Waals surface area contributed by atoms with Crippen LogP contribution in [0.1, 0.15) is 12.0 Å². The molecule has 1 N–H and O–H groups in total. The first-order valence-corrected chi connectivity index (χ1v) is 6.47. The predicted molar refractivity (Wildman–Crippen MR) is 70.3 cm³/mol. The molecule has 2 rings (SSSR count). The van der Waals surface area contributed by atoms with Crippen molar-refractivity contribution in [3.8, 4) is 11.5 Å². The maximum Gasteiger partial charge on any atom is 0.161 e. The molecule has 1 heterocycles. The Balaban J connectivity index is 1.86. The van der Waals surface area contributed by atoms with E-state index in [0.29, 0.717) is 13.2 Å². The smallest absolute Gasteiger partial charge is 0.161 e. The zero-order valence-electron chi connectivity index (χ0n) is 10.9. The second kappa shape index (κ2) is 6.61. The van der Waals surface area contributed by atoms with Crippen molar-refractivity contribution in [1.82, 2.24) is 4.90 Å². The summed E-state index contributed by atoms with van der Waals surface area (Å²) >= 11 is 0. The first-order valence-electron chi connectivity index (χ1n) is 6.47. The largest absolute Gasteiger partial charge is 0.486 e. The molecule has 0 aromatic heterocycles. The Morgan fingerprint density at radius 3 is 2.72 bits per heavy atom. The molecule has 1 aliphatic rings. The number of likely N-dealkylation sites (N-methyl/N-ethyl adjacent to an activating group) is 1. The lowest BCUT2D eigenvalue weighted by Crippen LogP contribution is -2.23. The Hall–Kier alpha value is -1.26. The van der Waals surface area contributed by atoms with Crippen molar-refractivity contribution in [3.63, 3.8) is 0 Å². The van der Waals surface area contributed by atoms with Crippen LogP contribution < -0.4 is 9.47 Å². The van der Waals surface area contributed by atoms with Crippen LogP contribution in [0.2, 0.25) is 0 Å². The number of benzene rings is 1. The van der Waals surface area contributed by atoms with Crippen LogP contribution in [0.15, 0.2) is 18.2 Å². The molecular weight excluding hydrogens is 230 g/mol. The van der Waals surface area contributed by atoms with E-state index in [9.17, 15) is 0 Å². The number of fused-ring (bicyclic) bond motifs is 1. The lowest BCUT2D eigenvalue weighted by atomic mass is 10.1. The zero-order chi connectivity index (χ0) is 12.8. The monoisotopic (exact) mass is 251 g/mol. The first kappa shape index (κ1) is 13.2. The lowest BCUT2D eigenvalue weighted by Gasteiger charge is -2.20. The van der Waals surface area contributed by atoms with E-state index >= 15 is 0 Å². The summed E-state index contributed by atoms with van der Waals surface area (Å²) in [4.78, 5) is 2.23. The van der Waals surface area contributed by atoms with Crippen LogP contribution in [-0.4, -0.2) is 50.0 Å². The Kier molecular flexibility index (Phi) is 4.84. The summed E-state index contributed by atoms with van der Waals surface area (Å²) in [6.45, 7) is 3.44. The third-order valence-corrected chi connectivity index (χ3v) is 3.09. The molecule has 0 amide bonds. The fourth-order valence-corrected chi connectivity index (χ4v) is 2.02. The Morgan fingerprint density at radius 1 is 1.17 bits per heavy atom. The van der Waals surface area contributed by atoms with Gasteiger partial charge >= 0.3 is 0 Å². The first-order chi connectivity index (χ1) is 8.79. The van der Waals surface area contributed by atoms with E-state index in [1.54, 1.807) is 0 Å². The van der Waals surface area contributed by atoms with Gasteiger partial charge in [0.15, 0.2) is 11.5 Å². The van der Waals surface area contributed by atoms with E-state index in [1.165, 1.54) is 5.56 Å². The van der Waals surface area contributed by atoms with E-state index in [2.05, 4.69) is 24.1 Å². The van der Waals surface area contributed by atoms with Gasteiger partial charge in [-0.15, -0.1) is 0 Å². The Bertz CT molecular complexity index is 381. The molecule has 100 valence electrons. The summed E-state index contributed by atoms with van der Waals surface area (Å²) in [5, 5.41) is 8.78. The van der Waals surface area contributed by atoms with Crippen LogP contribution in [0.4, 0.5) is 0 Å². The highest BCUT2D eigenvalue weighted by atomic mass is 16.6. The maximum absolute atomic E-state index is 8.78. The van der Waals surface area contributed by atoms with E-state index in [1.807, 2.05) is 6.07 Å². The second-order valence-corrected chi connectivity index (χ2v) is 4.61. The van der Waals surface area contributed by atoms with E-state index in [-0.39, 0.29) is 6.61 Å². The summed E-state index contributed by atoms with van der Waals surface area (Å²) in [6.07, 6.45) is 1.82. The molecule has 0 unspecified atom stereocenters. The van der Waals surface area contributed by atoms with Crippen molar-refractivity contribution in [2.24, 2.45) is 0 Å². The fourth-order valence-electron chi connectivity index (χ4n) is 2.02. The van der Waals surface area contributed by atoms with Crippen LogP contribution in [-0.2, 0) is 6.42 Å². The molecule has 0 saturated heterocycles. The van der Waals surface area contributed by atoms with Crippen LogP contribution in [0.3, 0.4) is 0 Å². The van der Waals surface area contributed by atoms with Crippen LogP contribution in [0.5, 0.6) is 11.5 Å². The van der Waals surface area contributed by atoms with Gasteiger partial charge in [-0.05, 0) is 37.6 Å². The number of rotatable bonds is 6. The molecule has 0 saturated carbocycles. The molecule has 1 aliphatic heterocycles. The molecule has 1 aromatic rings. The average Bonchev–Trinajstić information content (AvgIpc) is 2.42. The minimum atomic E-state index is 0.258. The van der Waals surface area contributed by atoms with E-state index < -0.39 is 0 Å². The minimum Gasteiger partial charge on any atom is -0.486 e. The molecule has 0 radical (unpaired) electrons. The highest BCUT2D eigenvalue weighted by Crippen LogP contribution is 2.30. The third-order valence-electron chi connectivity index (χ3n) is 3.09. The molecular formula is C14H21NO3. The summed E-state index contributed by atoms with van der Waals surface area (Å²) in [5.74, 6) is 1.70. The molecule has 0 fully saturated rings. The van der Waals surface area contributed by atoms with Crippen molar-refractivity contribution in [2.45, 2.75) is 12.8 Å². The molecule has 18 heavy (non-hydrogen) atoms. The highest BCUT2D eigenvalue weighted by Gasteiger charge is 2.11. The van der Waals surface area contributed by atoms with Gasteiger partial charge in [-0.25, -0.2) is 0 Å². The van der Waals surface area contributed by atoms with Crippen molar-refractivity contribution >= 4 is 0 Å². The summed E-state index contributed by atoms with van der Waals surface area (Å²) in [7, 11) is 2.08. The highest BCUT2D eigenvalue weighted by molar-refractivity contribution is 5.43. The van der Waals surface area contributed by atoms with Crippen molar-refractivity contribution in [1.29, 1.82) is 0 Å². The predicted octanol–water partition coefficient (Wildman–Crippen LogP) is 1.31. The number of ether oxygens (including phenoxy) is 2. The molecule has 1 aromatic carbocycles. The Labute approximate surface area is 108 Å². The van der Waals surface area contributed by atoms with Gasteiger partial charge in [0, 0.05) is 19.7 Å². The minimum absolute atomic E-state index is 0.258. The molecule has 0 spiro atoms. The topological polar surface area (TPSA) is 41.9 Å². The van der Waals surface area contributed by atoms with Gasteiger partial charge in [-0.1, -0.05) is 6.07 Å². The lowest BCUT2D eigenvalue weighted by molar-refractivity contribution is 0.171. The molecule has 0 atom stereocenters. The number of hydrogen-bond donors (Lipinski definition) is 1. The van der Waals surface area contributed by atoms with Gasteiger partial charge in [-0.3, -0.25) is 0 Å². The van der Waals surface area contributed by atoms with Gasteiger partial charge in [0.1, 0.15) is 13.2 Å². The summed E-state index contributed by atoms with van der Waals surface area (Å²) < 4.78 is 11.1. The fraction of sp³-hybridized carbons (Fsp3) is 0.571. The van der Waals surface area contributed by atoms with Gasteiger partial charge in [0.25, 0.3) is 0 Å². The van der Waals surface area contributed by atoms with Gasteiger partial charge in [0.05, 0.1) is 0 Å². The van der Waals surface area contributed by atoms with Gasteiger partial charge < -0.3 is 19.5 Å². The molecule has 0 bridgehead atoms. The standard InChI is InChI=1S/C14H21NO3/c1-15(6-2-8-16)7-5-12-3-4-13-14(11-12)18-10-9-17-13/h3-4,11,16H,2,5-10H2,1H3. The van der Waals surface area contributed by atoms with Crippen molar-refractivity contribution in [3.05, 3.63) is 23.8 Å². The second-order valence-electron chi connectivity index (χ2n) is 4.61. The molecule has 0 aliphatic carbocycles. The average molecular weight is 251 g/mol. The summed E-state index contributed by atoms with van der Waals surface area (Å²) in [6, 6.07) is 6.14. The number of hydrogen-bond acceptors (Lipinski definition) is 4. The van der Waals surface area contributed by atoms with Crippen LogP contribution in [0.25, 0.3) is 0 Å². The number of aliphatic hydroxyl groups excluding tert-OH is 1. The number of nitrogens with zero attached hydrogens (tertiary/aromatic N) is 1. The third kappa shape index (κ3) is 3.62. The number of aliphatic hydroxyl groups is 1. The van der Waals surface area contributed by atoms with Crippen LogP contribution in [0, 0.1) is 0 Å². The Morgan fingerprint density at radius 2 is 1.94 bits per heavy atom. The van der Waals surface area contributed by atoms with Gasteiger partial charge in [-0.2, -0.15) is 0 Å².